The van der Waals surface area contributed by atoms with Crippen molar-refractivity contribution in [2.45, 2.75) is 55.0 Å². The van der Waals surface area contributed by atoms with E-state index in [4.69, 9.17) is 31.5 Å². The number of rotatable bonds is 10. The van der Waals surface area contributed by atoms with Crippen molar-refractivity contribution in [1.82, 2.24) is 24.2 Å². The molecule has 0 saturated carbocycles. The van der Waals surface area contributed by atoms with Gasteiger partial charge in [-0.3, -0.25) is 24.6 Å². The van der Waals surface area contributed by atoms with Gasteiger partial charge in [-0.25, -0.2) is 22.8 Å². The smallest absolute Gasteiger partial charge is 0.297 e. The number of sulfone groups is 1. The number of aromatic amines is 1. The second-order valence-corrected chi connectivity index (χ2v) is 20.7. The van der Waals surface area contributed by atoms with Crippen LogP contribution in [0.1, 0.15) is 49.0 Å². The number of amides is 1. The van der Waals surface area contributed by atoms with Crippen LogP contribution in [0.15, 0.2) is 87.0 Å². The molecule has 18 nitrogen and oxygen atoms in total. The minimum atomic E-state index is -4.87. The Morgan fingerprint density at radius 3 is 2.54 bits per heavy atom. The SMILES string of the molecule is Cn1c(=O)c2nc3[nH]ccc3cc2n1-c1c(C(N)=O)ccc(N2CCN(CC3=C(c4ccc(Cl)cc4)CC(C)(C)CC3)CC2)c1S(=O)(=O)c1cc2c(c([N+](=O)[O-])c1)N[C@@H]([C@H]1COCCO1)CO2. The van der Waals surface area contributed by atoms with Crippen LogP contribution in [0.5, 0.6) is 5.75 Å². The minimum Gasteiger partial charge on any atom is -0.489 e. The molecule has 10 rings (SSSR count). The zero-order valence-corrected chi connectivity index (χ0v) is 38.8. The number of carbonyl (C=O) groups excluding carboxylic acids is 1. The van der Waals surface area contributed by atoms with Crippen LogP contribution in [0.4, 0.5) is 17.1 Å². The standard InChI is InChI=1S/C47H50ClN9O9S/c1-47(2)12-10-29(33(23-47)27-4-6-30(48)7-5-27)24-54-14-16-55(17-15-54)35-9-8-32(44(49)58)42(56-36-20-28-11-13-50-45(28)52-41(36)46(59)53(56)3)43(35)67(62,63)31-21-37(57(60)61)40-38(22-31)66-25-34(51-40)39-26-64-18-19-65-39/h4-9,11,13,20-22,34,39,51H,10,12,14-19,23-26H2,1-3H3,(H2,49,58)(H,50,52)/t34-,39-/m1/s1. The first kappa shape index (κ1) is 44.6. The van der Waals surface area contributed by atoms with Gasteiger partial charge < -0.3 is 35.1 Å². The number of aromatic nitrogens is 4. The van der Waals surface area contributed by atoms with Gasteiger partial charge in [0.2, 0.25) is 9.84 Å². The molecule has 6 aromatic rings. The molecular weight excluding hydrogens is 902 g/mol. The van der Waals surface area contributed by atoms with E-state index in [0.29, 0.717) is 55.4 Å². The normalized spacial score (nSPS) is 20.1. The third kappa shape index (κ3) is 8.11. The van der Waals surface area contributed by atoms with E-state index in [1.165, 1.54) is 39.7 Å². The van der Waals surface area contributed by atoms with Crippen LogP contribution in [0.25, 0.3) is 33.3 Å². The van der Waals surface area contributed by atoms with Gasteiger partial charge in [0.05, 0.1) is 58.1 Å². The van der Waals surface area contributed by atoms with Crippen molar-refractivity contribution in [3.8, 4) is 11.4 Å². The average Bonchev–Trinajstić information content (AvgIpc) is 3.88. The molecule has 3 aromatic carbocycles. The van der Waals surface area contributed by atoms with Crippen LogP contribution in [0, 0.1) is 15.5 Å². The molecule has 0 bridgehead atoms. The summed E-state index contributed by atoms with van der Waals surface area (Å²) in [5.41, 5.74) is 9.42. The monoisotopic (exact) mass is 951 g/mol. The molecule has 4 N–H and O–H groups in total. The number of H-pyrrole nitrogens is 1. The maximum Gasteiger partial charge on any atom is 0.297 e. The minimum absolute atomic E-state index is 0.00640. The van der Waals surface area contributed by atoms with Crippen LogP contribution >= 0.6 is 11.6 Å². The van der Waals surface area contributed by atoms with Crippen molar-refractivity contribution >= 4 is 72.0 Å². The van der Waals surface area contributed by atoms with E-state index < -0.39 is 49.0 Å². The van der Waals surface area contributed by atoms with Crippen LogP contribution < -0.4 is 26.2 Å². The Hall–Kier alpha value is -6.25. The highest BCUT2D eigenvalue weighted by Crippen LogP contribution is 2.46. The molecule has 350 valence electrons. The first-order valence-corrected chi connectivity index (χ1v) is 24.1. The van der Waals surface area contributed by atoms with E-state index in [1.807, 2.05) is 17.0 Å². The number of ether oxygens (including phenoxy) is 3. The number of primary amides is 1. The summed E-state index contributed by atoms with van der Waals surface area (Å²) in [5, 5.41) is 17.3. The highest BCUT2D eigenvalue weighted by molar-refractivity contribution is 7.91. The van der Waals surface area contributed by atoms with Crippen LogP contribution in [0.3, 0.4) is 0 Å². The molecule has 4 aliphatic rings. The zero-order chi connectivity index (χ0) is 46.9. The lowest BCUT2D eigenvalue weighted by Crippen LogP contribution is -2.47. The molecule has 3 aliphatic heterocycles. The maximum atomic E-state index is 15.8. The number of nitrogens with one attached hydrogen (secondary N) is 2. The fourth-order valence-corrected chi connectivity index (χ4v) is 11.7. The van der Waals surface area contributed by atoms with Gasteiger partial charge in [-0.05, 0) is 72.2 Å². The number of benzene rings is 3. The van der Waals surface area contributed by atoms with Crippen molar-refractivity contribution in [3.63, 3.8) is 0 Å². The van der Waals surface area contributed by atoms with E-state index in [0.717, 1.165) is 37.4 Å². The summed E-state index contributed by atoms with van der Waals surface area (Å²) in [7, 11) is -3.42. The Labute approximate surface area is 390 Å². The van der Waals surface area contributed by atoms with Gasteiger partial charge >= 0.3 is 0 Å². The molecule has 1 amide bonds. The summed E-state index contributed by atoms with van der Waals surface area (Å²) in [6, 6.07) is 16.1. The van der Waals surface area contributed by atoms with Gasteiger partial charge in [0.25, 0.3) is 17.2 Å². The number of carbonyl (C=O) groups is 1. The molecule has 0 radical (unpaired) electrons. The van der Waals surface area contributed by atoms with Gasteiger partial charge in [0.15, 0.2) is 17.0 Å². The molecule has 0 unspecified atom stereocenters. The zero-order valence-electron chi connectivity index (χ0n) is 37.2. The molecule has 1 aliphatic carbocycles. The van der Waals surface area contributed by atoms with Gasteiger partial charge in [-0.1, -0.05) is 43.2 Å². The Kier molecular flexibility index (Phi) is 11.4. The molecule has 67 heavy (non-hydrogen) atoms. The molecule has 2 fully saturated rings. The highest BCUT2D eigenvalue weighted by atomic mass is 35.5. The Morgan fingerprint density at radius 1 is 1.04 bits per heavy atom. The third-order valence-electron chi connectivity index (χ3n) is 13.5. The molecule has 2 atom stereocenters. The molecule has 3 aromatic heterocycles. The quantitative estimate of drug-likeness (QED) is 0.105. The van der Waals surface area contributed by atoms with Gasteiger partial charge in [0.1, 0.15) is 23.3 Å². The average molecular weight is 952 g/mol. The number of hydrogen-bond acceptors (Lipinski definition) is 13. The number of nitrogens with zero attached hydrogens (tertiary/aromatic N) is 6. The number of allylic oxidation sites excluding steroid dienone is 1. The molecule has 20 heteroatoms. The predicted octanol–water partition coefficient (Wildman–Crippen LogP) is 6.07. The van der Waals surface area contributed by atoms with Gasteiger partial charge in [0, 0.05) is 68.5 Å². The number of nitro groups is 1. The van der Waals surface area contributed by atoms with Gasteiger partial charge in [-0.15, -0.1) is 0 Å². The predicted molar refractivity (Wildman–Crippen MR) is 253 cm³/mol. The molecule has 0 spiro atoms. The number of nitrogens with two attached hydrogens (primary N) is 1. The number of halogens is 1. The Bertz CT molecular complexity index is 3180. The van der Waals surface area contributed by atoms with Crippen LogP contribution in [-0.4, -0.2) is 115 Å². The van der Waals surface area contributed by atoms with E-state index >= 15 is 8.42 Å². The molecule has 6 heterocycles. The summed E-state index contributed by atoms with van der Waals surface area (Å²) < 4.78 is 51.6. The lowest BCUT2D eigenvalue weighted by molar-refractivity contribution is -0.384. The summed E-state index contributed by atoms with van der Waals surface area (Å²) in [4.78, 5) is 50.8. The lowest BCUT2D eigenvalue weighted by atomic mass is 9.72. The summed E-state index contributed by atoms with van der Waals surface area (Å²) >= 11 is 6.28. The van der Waals surface area contributed by atoms with Crippen molar-refractivity contribution in [2.24, 2.45) is 18.2 Å². The highest BCUT2D eigenvalue weighted by Gasteiger charge is 2.39. The largest absolute Gasteiger partial charge is 0.489 e. The summed E-state index contributed by atoms with van der Waals surface area (Å²) in [6.07, 6.45) is 4.11. The Balaban J connectivity index is 1.10. The van der Waals surface area contributed by atoms with Crippen LogP contribution in [0.2, 0.25) is 5.02 Å². The van der Waals surface area contributed by atoms with E-state index in [2.05, 4.69) is 46.2 Å². The molecule has 2 saturated heterocycles. The molecular formula is C47H50ClN9O9S. The first-order chi connectivity index (χ1) is 32.1. The number of anilines is 2. The van der Waals surface area contributed by atoms with E-state index in [1.54, 1.807) is 24.4 Å². The summed E-state index contributed by atoms with van der Waals surface area (Å²) in [5.74, 6) is -1.02. The number of piperazine rings is 1. The fourth-order valence-electron chi connectivity index (χ4n) is 9.93. The number of fused-ring (bicyclic) bond motifs is 3. The van der Waals surface area contributed by atoms with Crippen LogP contribution in [-0.2, 0) is 26.4 Å². The second-order valence-electron chi connectivity index (χ2n) is 18.4. The topological polar surface area (TPSA) is 222 Å². The van der Waals surface area contributed by atoms with Crippen molar-refractivity contribution < 1.29 is 32.3 Å². The third-order valence-corrected chi connectivity index (χ3v) is 15.6. The summed E-state index contributed by atoms with van der Waals surface area (Å²) in [6.45, 7) is 8.22. The maximum absolute atomic E-state index is 15.8. The number of nitro benzene ring substituents is 1. The second kappa shape index (κ2) is 17.1. The lowest BCUT2D eigenvalue weighted by Gasteiger charge is -2.40. The Morgan fingerprint density at radius 2 is 1.82 bits per heavy atom. The first-order valence-electron chi connectivity index (χ1n) is 22.2. The fraction of sp³-hybridized carbons (Fsp3) is 0.383. The van der Waals surface area contributed by atoms with Gasteiger partial charge in [-0.2, -0.15) is 0 Å². The van der Waals surface area contributed by atoms with Crippen molar-refractivity contribution in [2.75, 3.05) is 69.4 Å². The van der Waals surface area contributed by atoms with Crippen molar-refractivity contribution in [3.05, 3.63) is 109 Å². The van der Waals surface area contributed by atoms with Crippen molar-refractivity contribution in [1.29, 1.82) is 0 Å². The number of hydrogen-bond donors (Lipinski definition) is 3. The van der Waals surface area contributed by atoms with E-state index in [9.17, 15) is 19.7 Å². The number of pyridine rings is 1. The van der Waals surface area contributed by atoms with E-state index in [-0.39, 0.29) is 62.9 Å².